The minimum Gasteiger partial charge on any atom is -0.379 e. The largest absolute Gasteiger partial charge is 0.379 e. The van der Waals surface area contributed by atoms with Gasteiger partial charge in [0.25, 0.3) is 5.91 Å². The lowest BCUT2D eigenvalue weighted by Crippen LogP contribution is -2.38. The van der Waals surface area contributed by atoms with Gasteiger partial charge >= 0.3 is 0 Å². The van der Waals surface area contributed by atoms with Crippen molar-refractivity contribution in [3.8, 4) is 11.3 Å². The molecule has 3 aromatic heterocycles. The summed E-state index contributed by atoms with van der Waals surface area (Å²) in [5, 5.41) is 7.85. The molecule has 1 amide bonds. The van der Waals surface area contributed by atoms with Gasteiger partial charge in [0.2, 0.25) is 0 Å². The SMILES string of the molecule is O=C(Nc1ccc(-c2ccc(Cl)cn2)cc1)c1cc2sc(NCCN3CCOCC3)nc2s1. The number of aromatic nitrogens is 2. The van der Waals surface area contributed by atoms with Crippen LogP contribution in [0.2, 0.25) is 5.02 Å². The number of nitrogens with zero attached hydrogens (tertiary/aromatic N) is 3. The molecule has 2 N–H and O–H groups in total. The molecule has 0 aliphatic carbocycles. The number of halogens is 1. The van der Waals surface area contributed by atoms with Gasteiger partial charge in [-0.25, -0.2) is 4.98 Å². The summed E-state index contributed by atoms with van der Waals surface area (Å²) in [6, 6.07) is 13.2. The molecule has 4 aromatic rings. The molecule has 1 aliphatic heterocycles. The zero-order valence-corrected chi connectivity index (χ0v) is 20.1. The number of carbonyl (C=O) groups excluding carboxylic acids is 1. The molecule has 0 spiro atoms. The van der Waals surface area contributed by atoms with E-state index in [0.29, 0.717) is 9.90 Å². The van der Waals surface area contributed by atoms with Gasteiger partial charge in [-0.1, -0.05) is 35.1 Å². The Labute approximate surface area is 204 Å². The minimum atomic E-state index is -0.135. The van der Waals surface area contributed by atoms with Crippen LogP contribution in [0.5, 0.6) is 0 Å². The van der Waals surface area contributed by atoms with Crippen LogP contribution < -0.4 is 10.6 Å². The molecule has 0 atom stereocenters. The summed E-state index contributed by atoms with van der Waals surface area (Å²) in [5.74, 6) is -0.135. The van der Waals surface area contributed by atoms with Crippen molar-refractivity contribution in [1.29, 1.82) is 0 Å². The van der Waals surface area contributed by atoms with Crippen LogP contribution in [0.25, 0.3) is 20.8 Å². The molecule has 170 valence electrons. The fourth-order valence-corrected chi connectivity index (χ4v) is 5.68. The number of anilines is 2. The van der Waals surface area contributed by atoms with Crippen molar-refractivity contribution in [3.63, 3.8) is 0 Å². The Morgan fingerprint density at radius 2 is 1.94 bits per heavy atom. The first-order valence-corrected chi connectivity index (χ1v) is 12.6. The topological polar surface area (TPSA) is 79.4 Å². The molecule has 10 heteroatoms. The van der Waals surface area contributed by atoms with Gasteiger partial charge < -0.3 is 15.4 Å². The second-order valence-corrected chi connectivity index (χ2v) is 10.1. The summed E-state index contributed by atoms with van der Waals surface area (Å²) < 4.78 is 6.40. The second-order valence-electron chi connectivity index (χ2n) is 7.57. The average molecular weight is 500 g/mol. The van der Waals surface area contributed by atoms with Crippen molar-refractivity contribution in [3.05, 3.63) is 58.6 Å². The normalized spacial score (nSPS) is 14.5. The molecule has 4 heterocycles. The Bertz CT molecular complexity index is 1200. The summed E-state index contributed by atoms with van der Waals surface area (Å²) in [6.07, 6.45) is 1.62. The van der Waals surface area contributed by atoms with E-state index >= 15 is 0 Å². The molecule has 1 aliphatic rings. The molecular weight excluding hydrogens is 478 g/mol. The fourth-order valence-electron chi connectivity index (χ4n) is 3.53. The molecule has 0 radical (unpaired) electrons. The first-order chi connectivity index (χ1) is 16.1. The number of rotatable bonds is 7. The fraction of sp³-hybridized carbons (Fsp3) is 0.261. The van der Waals surface area contributed by atoms with Crippen molar-refractivity contribution in [2.24, 2.45) is 0 Å². The standard InChI is InChI=1S/C23H22ClN5O2S2/c24-16-3-6-18(26-14-16)15-1-4-17(5-2-15)27-21(30)19-13-20-22(32-19)28-23(33-20)25-7-8-29-9-11-31-12-10-29/h1-6,13-14H,7-12H2,(H,25,28)(H,27,30). The average Bonchev–Trinajstić information content (AvgIpc) is 3.40. The van der Waals surface area contributed by atoms with E-state index in [1.165, 1.54) is 11.3 Å². The maximum Gasteiger partial charge on any atom is 0.265 e. The molecule has 5 rings (SSSR count). The van der Waals surface area contributed by atoms with Crippen LogP contribution >= 0.6 is 34.3 Å². The lowest BCUT2D eigenvalue weighted by Gasteiger charge is -2.26. The lowest BCUT2D eigenvalue weighted by molar-refractivity contribution is 0.0398. The van der Waals surface area contributed by atoms with E-state index in [1.54, 1.807) is 23.6 Å². The molecule has 1 aromatic carbocycles. The number of thiazole rings is 1. The number of pyridine rings is 1. The van der Waals surface area contributed by atoms with Gasteiger partial charge in [-0.15, -0.1) is 11.3 Å². The Morgan fingerprint density at radius 3 is 2.67 bits per heavy atom. The Kier molecular flexibility index (Phi) is 6.84. The summed E-state index contributed by atoms with van der Waals surface area (Å²) >= 11 is 8.88. The third-order valence-electron chi connectivity index (χ3n) is 5.29. The van der Waals surface area contributed by atoms with Gasteiger partial charge in [0.05, 0.1) is 33.5 Å². The van der Waals surface area contributed by atoms with E-state index in [-0.39, 0.29) is 5.91 Å². The number of morpholine rings is 1. The van der Waals surface area contributed by atoms with E-state index in [4.69, 9.17) is 16.3 Å². The Morgan fingerprint density at radius 1 is 1.12 bits per heavy atom. The van der Waals surface area contributed by atoms with Gasteiger partial charge in [-0.2, -0.15) is 0 Å². The molecule has 1 saturated heterocycles. The van der Waals surface area contributed by atoms with Crippen LogP contribution in [0, 0.1) is 0 Å². The first kappa shape index (κ1) is 22.2. The van der Waals surface area contributed by atoms with E-state index in [2.05, 4.69) is 25.5 Å². The van der Waals surface area contributed by atoms with Gasteiger partial charge in [0, 0.05) is 43.6 Å². The number of fused-ring (bicyclic) bond motifs is 1. The van der Waals surface area contributed by atoms with E-state index in [0.717, 1.165) is 71.0 Å². The van der Waals surface area contributed by atoms with E-state index in [1.807, 2.05) is 36.4 Å². The second kappa shape index (κ2) is 10.1. The number of nitrogens with one attached hydrogen (secondary N) is 2. The number of hydrogen-bond donors (Lipinski definition) is 2. The number of carbonyl (C=O) groups is 1. The van der Waals surface area contributed by atoms with Crippen LogP contribution in [0.4, 0.5) is 10.8 Å². The maximum absolute atomic E-state index is 12.7. The number of benzene rings is 1. The van der Waals surface area contributed by atoms with Gasteiger partial charge in [0.15, 0.2) is 5.13 Å². The maximum atomic E-state index is 12.7. The summed E-state index contributed by atoms with van der Waals surface area (Å²) in [5.41, 5.74) is 2.52. The van der Waals surface area contributed by atoms with E-state index < -0.39 is 0 Å². The van der Waals surface area contributed by atoms with Crippen molar-refractivity contribution in [2.75, 3.05) is 50.0 Å². The molecule has 0 unspecified atom stereocenters. The lowest BCUT2D eigenvalue weighted by atomic mass is 10.1. The van der Waals surface area contributed by atoms with Crippen LogP contribution in [0.3, 0.4) is 0 Å². The predicted octanol–water partition coefficient (Wildman–Crippen LogP) is 5.07. The monoisotopic (exact) mass is 499 g/mol. The van der Waals surface area contributed by atoms with Crippen molar-refractivity contribution >= 4 is 60.5 Å². The van der Waals surface area contributed by atoms with Crippen LogP contribution in [-0.4, -0.2) is 60.2 Å². The number of hydrogen-bond acceptors (Lipinski definition) is 8. The highest BCUT2D eigenvalue weighted by atomic mass is 35.5. The van der Waals surface area contributed by atoms with Crippen molar-refractivity contribution in [1.82, 2.24) is 14.9 Å². The molecular formula is C23H22ClN5O2S2. The van der Waals surface area contributed by atoms with Crippen molar-refractivity contribution < 1.29 is 9.53 Å². The Balaban J connectivity index is 1.17. The smallest absolute Gasteiger partial charge is 0.265 e. The number of thiophene rings is 1. The third kappa shape index (κ3) is 5.51. The summed E-state index contributed by atoms with van der Waals surface area (Å²) in [4.78, 5) is 25.6. The summed E-state index contributed by atoms with van der Waals surface area (Å²) in [6.45, 7) is 5.39. The quantitative estimate of drug-likeness (QED) is 0.369. The zero-order valence-electron chi connectivity index (χ0n) is 17.7. The van der Waals surface area contributed by atoms with Crippen LogP contribution in [-0.2, 0) is 4.74 Å². The molecule has 0 saturated carbocycles. The Hall–Kier alpha value is -2.56. The predicted molar refractivity (Wildman–Crippen MR) is 136 cm³/mol. The van der Waals surface area contributed by atoms with Crippen LogP contribution in [0.15, 0.2) is 48.7 Å². The molecule has 1 fully saturated rings. The van der Waals surface area contributed by atoms with Crippen LogP contribution in [0.1, 0.15) is 9.67 Å². The highest BCUT2D eigenvalue weighted by molar-refractivity contribution is 7.29. The van der Waals surface area contributed by atoms with Crippen molar-refractivity contribution in [2.45, 2.75) is 0 Å². The van der Waals surface area contributed by atoms with Gasteiger partial charge in [0.1, 0.15) is 4.83 Å². The minimum absolute atomic E-state index is 0.135. The van der Waals surface area contributed by atoms with Gasteiger partial charge in [-0.05, 0) is 30.3 Å². The number of ether oxygens (including phenoxy) is 1. The molecule has 0 bridgehead atoms. The number of amides is 1. The highest BCUT2D eigenvalue weighted by Gasteiger charge is 2.15. The van der Waals surface area contributed by atoms with Gasteiger partial charge in [-0.3, -0.25) is 14.7 Å². The third-order valence-corrected chi connectivity index (χ3v) is 7.63. The molecule has 7 nitrogen and oxygen atoms in total. The first-order valence-electron chi connectivity index (χ1n) is 10.6. The zero-order chi connectivity index (χ0) is 22.6. The molecule has 33 heavy (non-hydrogen) atoms. The summed E-state index contributed by atoms with van der Waals surface area (Å²) in [7, 11) is 0. The highest BCUT2D eigenvalue weighted by Crippen LogP contribution is 2.33. The van der Waals surface area contributed by atoms with E-state index in [9.17, 15) is 4.79 Å².